The molecule has 1 amide bonds. The van der Waals surface area contributed by atoms with E-state index in [4.69, 9.17) is 0 Å². The molecule has 1 aliphatic heterocycles. The van der Waals surface area contributed by atoms with Gasteiger partial charge in [0.1, 0.15) is 0 Å². The number of nitrogens with zero attached hydrogens (tertiary/aromatic N) is 2. The largest absolute Gasteiger partial charge is 0.469 e. The first-order chi connectivity index (χ1) is 15.7. The number of carbonyl (C=O) groups excluding carboxylic acids is 2. The Balaban J connectivity index is 1.67. The fourth-order valence-electron chi connectivity index (χ4n) is 3.79. The number of benzene rings is 2. The van der Waals surface area contributed by atoms with Gasteiger partial charge in [-0.25, -0.2) is 17.2 Å². The van der Waals surface area contributed by atoms with Gasteiger partial charge in [0.05, 0.1) is 18.4 Å². The lowest BCUT2D eigenvalue weighted by Gasteiger charge is -2.33. The molecule has 1 saturated heterocycles. The zero-order chi connectivity index (χ0) is 24.0. The van der Waals surface area contributed by atoms with E-state index in [1.165, 1.54) is 11.4 Å². The minimum Gasteiger partial charge on any atom is -0.469 e. The summed E-state index contributed by atoms with van der Waals surface area (Å²) in [5.74, 6) is -3.35. The van der Waals surface area contributed by atoms with Crippen molar-refractivity contribution in [3.8, 4) is 0 Å². The molecule has 1 aliphatic rings. The summed E-state index contributed by atoms with van der Waals surface area (Å²) < 4.78 is 58.2. The van der Waals surface area contributed by atoms with E-state index in [-0.39, 0.29) is 49.7 Å². The summed E-state index contributed by atoms with van der Waals surface area (Å²) in [6.45, 7) is 0.666. The predicted octanol–water partition coefficient (Wildman–Crippen LogP) is 2.96. The van der Waals surface area contributed by atoms with Gasteiger partial charge in [0.2, 0.25) is 15.9 Å². The first kappa shape index (κ1) is 24.8. The van der Waals surface area contributed by atoms with Crippen LogP contribution in [-0.4, -0.2) is 56.2 Å². The number of rotatable bonds is 8. The molecular weight excluding hydrogens is 454 g/mol. The van der Waals surface area contributed by atoms with E-state index in [1.807, 2.05) is 30.3 Å². The van der Waals surface area contributed by atoms with Gasteiger partial charge in [-0.05, 0) is 36.6 Å². The van der Waals surface area contributed by atoms with Gasteiger partial charge >= 0.3 is 5.97 Å². The number of hydrogen-bond acceptors (Lipinski definition) is 5. The molecule has 178 valence electrons. The first-order valence-corrected chi connectivity index (χ1v) is 12.0. The number of carbonyl (C=O) groups is 2. The molecule has 0 aliphatic carbocycles. The van der Waals surface area contributed by atoms with Gasteiger partial charge < -0.3 is 9.64 Å². The fraction of sp³-hybridized carbons (Fsp3) is 0.391. The van der Waals surface area contributed by atoms with Crippen LogP contribution in [0.2, 0.25) is 0 Å². The van der Waals surface area contributed by atoms with Crippen molar-refractivity contribution in [3.63, 3.8) is 0 Å². The maximum absolute atomic E-state index is 13.5. The summed E-state index contributed by atoms with van der Waals surface area (Å²) in [6.07, 6.45) is 0.620. The van der Waals surface area contributed by atoms with Crippen LogP contribution in [0.3, 0.4) is 0 Å². The molecule has 1 heterocycles. The number of piperidine rings is 1. The van der Waals surface area contributed by atoms with Crippen LogP contribution in [0.1, 0.15) is 24.8 Å². The van der Waals surface area contributed by atoms with Crippen molar-refractivity contribution in [2.45, 2.75) is 30.7 Å². The van der Waals surface area contributed by atoms with Gasteiger partial charge in [-0.2, -0.15) is 4.31 Å². The van der Waals surface area contributed by atoms with Crippen molar-refractivity contribution in [2.75, 3.05) is 26.7 Å². The van der Waals surface area contributed by atoms with Crippen LogP contribution in [0, 0.1) is 17.6 Å². The molecule has 2 aromatic rings. The third kappa shape index (κ3) is 6.14. The van der Waals surface area contributed by atoms with Crippen molar-refractivity contribution in [1.29, 1.82) is 0 Å². The number of hydrogen-bond donors (Lipinski definition) is 0. The van der Waals surface area contributed by atoms with Gasteiger partial charge in [0.25, 0.3) is 0 Å². The maximum Gasteiger partial charge on any atom is 0.307 e. The lowest BCUT2D eigenvalue weighted by atomic mass is 9.96. The molecule has 3 rings (SSSR count). The Labute approximate surface area is 192 Å². The molecule has 0 radical (unpaired) electrons. The Morgan fingerprint density at radius 3 is 2.33 bits per heavy atom. The Bertz CT molecular complexity index is 1090. The molecule has 0 bridgehead atoms. The number of amides is 1. The van der Waals surface area contributed by atoms with Crippen molar-refractivity contribution in [3.05, 3.63) is 65.7 Å². The average Bonchev–Trinajstić information content (AvgIpc) is 2.83. The summed E-state index contributed by atoms with van der Waals surface area (Å²) in [7, 11) is -2.72. The van der Waals surface area contributed by atoms with Gasteiger partial charge in [0, 0.05) is 32.1 Å². The van der Waals surface area contributed by atoms with Crippen LogP contribution in [-0.2, 0) is 30.9 Å². The normalized spacial score (nSPS) is 15.2. The van der Waals surface area contributed by atoms with Crippen molar-refractivity contribution in [1.82, 2.24) is 9.21 Å². The standard InChI is InChI=1S/C23H26F2N2O5S/c1-32-22(28)11-12-26(16-17-5-3-2-4-6-17)23(29)18-9-13-27(14-10-18)33(30,31)19-7-8-20(24)21(25)15-19/h2-8,15,18H,9-14,16H2,1H3. The lowest BCUT2D eigenvalue weighted by Crippen LogP contribution is -2.44. The molecule has 33 heavy (non-hydrogen) atoms. The molecule has 0 spiro atoms. The van der Waals surface area contributed by atoms with E-state index >= 15 is 0 Å². The number of ether oxygens (including phenoxy) is 1. The monoisotopic (exact) mass is 480 g/mol. The van der Waals surface area contributed by atoms with E-state index < -0.39 is 33.5 Å². The molecular formula is C23H26F2N2O5S. The summed E-state index contributed by atoms with van der Waals surface area (Å²) >= 11 is 0. The topological polar surface area (TPSA) is 84.0 Å². The average molecular weight is 481 g/mol. The number of sulfonamides is 1. The number of esters is 1. The molecule has 0 N–H and O–H groups in total. The molecule has 1 fully saturated rings. The highest BCUT2D eigenvalue weighted by Gasteiger charge is 2.34. The zero-order valence-corrected chi connectivity index (χ0v) is 19.1. The van der Waals surface area contributed by atoms with E-state index in [0.717, 1.165) is 17.7 Å². The van der Waals surface area contributed by atoms with Crippen LogP contribution < -0.4 is 0 Å². The van der Waals surface area contributed by atoms with Crippen LogP contribution in [0.4, 0.5) is 8.78 Å². The molecule has 0 unspecified atom stereocenters. The summed E-state index contributed by atoms with van der Waals surface area (Å²) in [5, 5.41) is 0. The molecule has 0 aromatic heterocycles. The van der Waals surface area contributed by atoms with Crippen molar-refractivity contribution < 1.29 is 31.5 Å². The second-order valence-electron chi connectivity index (χ2n) is 7.83. The second-order valence-corrected chi connectivity index (χ2v) is 9.76. The maximum atomic E-state index is 13.5. The highest BCUT2D eigenvalue weighted by molar-refractivity contribution is 7.89. The van der Waals surface area contributed by atoms with E-state index in [0.29, 0.717) is 12.6 Å². The van der Waals surface area contributed by atoms with E-state index in [9.17, 15) is 26.8 Å². The minimum atomic E-state index is -4.00. The first-order valence-electron chi connectivity index (χ1n) is 10.6. The predicted molar refractivity (Wildman–Crippen MR) is 116 cm³/mol. The minimum absolute atomic E-state index is 0.0540. The van der Waals surface area contributed by atoms with Gasteiger partial charge in [-0.15, -0.1) is 0 Å². The molecule has 7 nitrogen and oxygen atoms in total. The SMILES string of the molecule is COC(=O)CCN(Cc1ccccc1)C(=O)C1CCN(S(=O)(=O)c2ccc(F)c(F)c2)CC1. The Morgan fingerprint density at radius 1 is 1.06 bits per heavy atom. The van der Waals surface area contributed by atoms with Crippen LogP contribution in [0.15, 0.2) is 53.4 Å². The summed E-state index contributed by atoms with van der Waals surface area (Å²) in [4.78, 5) is 26.1. The van der Waals surface area contributed by atoms with E-state index in [1.54, 1.807) is 4.90 Å². The van der Waals surface area contributed by atoms with Crippen LogP contribution in [0.5, 0.6) is 0 Å². The van der Waals surface area contributed by atoms with E-state index in [2.05, 4.69) is 4.74 Å². The van der Waals surface area contributed by atoms with Crippen LogP contribution in [0.25, 0.3) is 0 Å². The Morgan fingerprint density at radius 2 is 1.73 bits per heavy atom. The lowest BCUT2D eigenvalue weighted by molar-refractivity contribution is -0.143. The Kier molecular flexibility index (Phi) is 8.15. The second kappa shape index (κ2) is 10.8. The molecule has 0 saturated carbocycles. The highest BCUT2D eigenvalue weighted by Crippen LogP contribution is 2.26. The van der Waals surface area contributed by atoms with Gasteiger partial charge in [0.15, 0.2) is 11.6 Å². The smallest absolute Gasteiger partial charge is 0.307 e. The van der Waals surface area contributed by atoms with Gasteiger partial charge in [-0.3, -0.25) is 9.59 Å². The van der Waals surface area contributed by atoms with Crippen LogP contribution >= 0.6 is 0 Å². The summed E-state index contributed by atoms with van der Waals surface area (Å²) in [5.41, 5.74) is 0.911. The third-order valence-corrected chi connectivity index (χ3v) is 7.57. The zero-order valence-electron chi connectivity index (χ0n) is 18.2. The molecule has 0 atom stereocenters. The number of methoxy groups -OCH3 is 1. The van der Waals surface area contributed by atoms with Gasteiger partial charge in [-0.1, -0.05) is 30.3 Å². The quantitative estimate of drug-likeness (QED) is 0.543. The Hall–Kier alpha value is -2.85. The molecule has 10 heteroatoms. The number of halogens is 2. The highest BCUT2D eigenvalue weighted by atomic mass is 32.2. The summed E-state index contributed by atoms with van der Waals surface area (Å²) in [6, 6.07) is 11.8. The fourth-order valence-corrected chi connectivity index (χ4v) is 5.27. The van der Waals surface area contributed by atoms with Crippen molar-refractivity contribution in [2.24, 2.45) is 5.92 Å². The third-order valence-electron chi connectivity index (χ3n) is 5.67. The van der Waals surface area contributed by atoms with Crippen molar-refractivity contribution >= 4 is 21.9 Å². The molecule has 2 aromatic carbocycles.